The van der Waals surface area contributed by atoms with Gasteiger partial charge in [0.25, 0.3) is 0 Å². The van der Waals surface area contributed by atoms with Gasteiger partial charge in [-0.15, -0.1) is 0 Å². The highest BCUT2D eigenvalue weighted by molar-refractivity contribution is 5.80. The van der Waals surface area contributed by atoms with Gasteiger partial charge in [-0.25, -0.2) is 4.79 Å². The molecule has 0 bridgehead atoms. The van der Waals surface area contributed by atoms with Gasteiger partial charge in [-0.1, -0.05) is 6.92 Å². The minimum Gasteiger partial charge on any atom is -0.480 e. The summed E-state index contributed by atoms with van der Waals surface area (Å²) in [7, 11) is 0. The van der Waals surface area contributed by atoms with E-state index in [2.05, 4.69) is 10.2 Å². The van der Waals surface area contributed by atoms with Gasteiger partial charge in [-0.2, -0.15) is 0 Å². The third-order valence-corrected chi connectivity index (χ3v) is 4.60. The molecular weight excluding hydrogens is 258 g/mol. The van der Waals surface area contributed by atoms with Crippen molar-refractivity contribution in [3.63, 3.8) is 0 Å². The number of nitrogens with one attached hydrogen (secondary N) is 1. The molecule has 2 aliphatic heterocycles. The predicted molar refractivity (Wildman–Crippen MR) is 75.6 cm³/mol. The third-order valence-electron chi connectivity index (χ3n) is 4.60. The maximum Gasteiger partial charge on any atom is 0.323 e. The topological polar surface area (TPSA) is 72.9 Å². The second-order valence-corrected chi connectivity index (χ2v) is 5.87. The van der Waals surface area contributed by atoms with Crippen LogP contribution in [0.1, 0.15) is 39.5 Å². The van der Waals surface area contributed by atoms with Gasteiger partial charge in [-0.3, -0.25) is 9.69 Å². The molecule has 0 aliphatic carbocycles. The summed E-state index contributed by atoms with van der Waals surface area (Å²) in [5.74, 6) is -0.964. The molecule has 20 heavy (non-hydrogen) atoms. The maximum absolute atomic E-state index is 12.4. The number of fused-ring (bicyclic) bond motifs is 1. The first-order valence-corrected chi connectivity index (χ1v) is 7.56. The number of amides is 2. The molecule has 3 unspecified atom stereocenters. The molecule has 0 saturated carbocycles. The van der Waals surface area contributed by atoms with Crippen molar-refractivity contribution in [2.45, 2.75) is 57.7 Å². The van der Waals surface area contributed by atoms with Crippen molar-refractivity contribution in [2.75, 3.05) is 19.6 Å². The molecular formula is C14H25N3O3. The molecule has 2 fully saturated rings. The Hall–Kier alpha value is -1.30. The Morgan fingerprint density at radius 3 is 2.80 bits per heavy atom. The average molecular weight is 283 g/mol. The molecule has 0 radical (unpaired) electrons. The standard InChI is InChI=1S/C14H25N3O3/c1-3-10(2)17(9-13(18)19)14(20)15-11-6-8-16-7-4-5-12(11)16/h10-12H,3-9H2,1-2H3,(H,15,20)(H,18,19). The first-order valence-electron chi connectivity index (χ1n) is 7.56. The van der Waals surface area contributed by atoms with Crippen LogP contribution in [0.3, 0.4) is 0 Å². The molecule has 0 aromatic heterocycles. The summed E-state index contributed by atoms with van der Waals surface area (Å²) >= 11 is 0. The van der Waals surface area contributed by atoms with Gasteiger partial charge in [0.05, 0.1) is 0 Å². The number of hydrogen-bond donors (Lipinski definition) is 2. The Morgan fingerprint density at radius 2 is 2.15 bits per heavy atom. The van der Waals surface area contributed by atoms with Crippen LogP contribution in [0.2, 0.25) is 0 Å². The van der Waals surface area contributed by atoms with Crippen molar-refractivity contribution < 1.29 is 14.7 Å². The van der Waals surface area contributed by atoms with Crippen LogP contribution in [0.5, 0.6) is 0 Å². The predicted octanol–water partition coefficient (Wildman–Crippen LogP) is 1.12. The summed E-state index contributed by atoms with van der Waals surface area (Å²) in [5, 5.41) is 12.0. The molecule has 114 valence electrons. The van der Waals surface area contributed by atoms with Gasteiger partial charge >= 0.3 is 12.0 Å². The Labute approximate surface area is 120 Å². The zero-order valence-electron chi connectivity index (χ0n) is 12.3. The highest BCUT2D eigenvalue weighted by Gasteiger charge is 2.38. The smallest absolute Gasteiger partial charge is 0.323 e. The monoisotopic (exact) mass is 283 g/mol. The van der Waals surface area contributed by atoms with Crippen LogP contribution in [0.4, 0.5) is 4.79 Å². The number of carboxylic acid groups (broad SMARTS) is 1. The molecule has 2 aliphatic rings. The maximum atomic E-state index is 12.4. The second kappa shape index (κ2) is 6.43. The Morgan fingerprint density at radius 1 is 1.40 bits per heavy atom. The lowest BCUT2D eigenvalue weighted by molar-refractivity contribution is -0.138. The van der Waals surface area contributed by atoms with Crippen molar-refractivity contribution in [1.82, 2.24) is 15.1 Å². The fraction of sp³-hybridized carbons (Fsp3) is 0.857. The normalized spacial score (nSPS) is 27.1. The van der Waals surface area contributed by atoms with Crippen LogP contribution >= 0.6 is 0 Å². The number of carboxylic acids is 1. The highest BCUT2D eigenvalue weighted by Crippen LogP contribution is 2.28. The zero-order chi connectivity index (χ0) is 14.7. The van der Waals surface area contributed by atoms with E-state index in [1.807, 2.05) is 13.8 Å². The molecule has 0 aromatic carbocycles. The van der Waals surface area contributed by atoms with Crippen LogP contribution in [-0.2, 0) is 4.79 Å². The van der Waals surface area contributed by atoms with Crippen LogP contribution in [-0.4, -0.2) is 64.7 Å². The SMILES string of the molecule is CCC(C)N(CC(=O)O)C(=O)NC1CCN2CCCC12. The largest absolute Gasteiger partial charge is 0.480 e. The molecule has 6 nitrogen and oxygen atoms in total. The summed E-state index contributed by atoms with van der Waals surface area (Å²) in [6.07, 6.45) is 4.05. The fourth-order valence-electron chi connectivity index (χ4n) is 3.29. The number of carbonyl (C=O) groups is 2. The van der Waals surface area contributed by atoms with Gasteiger partial charge in [0.1, 0.15) is 6.54 Å². The molecule has 6 heteroatoms. The highest BCUT2D eigenvalue weighted by atomic mass is 16.4. The summed E-state index contributed by atoms with van der Waals surface area (Å²) in [5.41, 5.74) is 0. The molecule has 0 aromatic rings. The minimum absolute atomic E-state index is 0.0628. The van der Waals surface area contributed by atoms with Crippen molar-refractivity contribution in [3.05, 3.63) is 0 Å². The van der Waals surface area contributed by atoms with Crippen LogP contribution in [0.25, 0.3) is 0 Å². The Kier molecular flexibility index (Phi) is 4.86. The van der Waals surface area contributed by atoms with Crippen LogP contribution in [0, 0.1) is 0 Å². The minimum atomic E-state index is -0.964. The summed E-state index contributed by atoms with van der Waals surface area (Å²) in [6, 6.07) is 0.320. The van der Waals surface area contributed by atoms with E-state index in [4.69, 9.17) is 5.11 Å². The van der Waals surface area contributed by atoms with Gasteiger partial charge in [0, 0.05) is 24.7 Å². The summed E-state index contributed by atoms with van der Waals surface area (Å²) < 4.78 is 0. The first-order chi connectivity index (χ1) is 9.52. The second-order valence-electron chi connectivity index (χ2n) is 5.87. The van der Waals surface area contributed by atoms with E-state index < -0.39 is 5.97 Å². The number of hydrogen-bond acceptors (Lipinski definition) is 3. The van der Waals surface area contributed by atoms with Crippen molar-refractivity contribution in [1.29, 1.82) is 0 Å². The van der Waals surface area contributed by atoms with Gasteiger partial charge < -0.3 is 15.3 Å². The van der Waals surface area contributed by atoms with Crippen molar-refractivity contribution in [3.8, 4) is 0 Å². The fourth-order valence-corrected chi connectivity index (χ4v) is 3.29. The lowest BCUT2D eigenvalue weighted by Crippen LogP contribution is -2.52. The van der Waals surface area contributed by atoms with E-state index in [0.717, 1.165) is 32.4 Å². The van der Waals surface area contributed by atoms with E-state index in [-0.39, 0.29) is 24.7 Å². The molecule has 2 N–H and O–H groups in total. The van der Waals surface area contributed by atoms with E-state index in [0.29, 0.717) is 6.04 Å². The number of urea groups is 1. The molecule has 2 rings (SSSR count). The van der Waals surface area contributed by atoms with Crippen LogP contribution < -0.4 is 5.32 Å². The summed E-state index contributed by atoms with van der Waals surface area (Å²) in [6.45, 7) is 5.78. The van der Waals surface area contributed by atoms with E-state index in [1.54, 1.807) is 0 Å². The molecule has 3 atom stereocenters. The number of nitrogens with zero attached hydrogens (tertiary/aromatic N) is 2. The lowest BCUT2D eigenvalue weighted by Gasteiger charge is -2.30. The van der Waals surface area contributed by atoms with Crippen LogP contribution in [0.15, 0.2) is 0 Å². The Bertz CT molecular complexity index is 375. The summed E-state index contributed by atoms with van der Waals surface area (Å²) in [4.78, 5) is 27.1. The molecule has 2 saturated heterocycles. The zero-order valence-corrected chi connectivity index (χ0v) is 12.3. The quantitative estimate of drug-likeness (QED) is 0.793. The lowest BCUT2D eigenvalue weighted by atomic mass is 10.1. The van der Waals surface area contributed by atoms with Gasteiger partial charge in [0.15, 0.2) is 0 Å². The molecule has 2 amide bonds. The van der Waals surface area contributed by atoms with Gasteiger partial charge in [0.2, 0.25) is 0 Å². The Balaban J connectivity index is 1.95. The van der Waals surface area contributed by atoms with E-state index in [9.17, 15) is 9.59 Å². The van der Waals surface area contributed by atoms with Crippen molar-refractivity contribution in [2.24, 2.45) is 0 Å². The third kappa shape index (κ3) is 3.23. The van der Waals surface area contributed by atoms with Crippen molar-refractivity contribution >= 4 is 12.0 Å². The van der Waals surface area contributed by atoms with E-state index in [1.165, 1.54) is 11.3 Å². The molecule has 2 heterocycles. The molecule has 0 spiro atoms. The van der Waals surface area contributed by atoms with Gasteiger partial charge in [-0.05, 0) is 39.2 Å². The number of carbonyl (C=O) groups excluding carboxylic acids is 1. The number of rotatable bonds is 5. The number of aliphatic carboxylic acids is 1. The first kappa shape index (κ1) is 15.1. The van der Waals surface area contributed by atoms with E-state index >= 15 is 0 Å². The average Bonchev–Trinajstić information content (AvgIpc) is 2.99.